The Morgan fingerprint density at radius 1 is 1.18 bits per heavy atom. The first kappa shape index (κ1) is 22.7. The Kier molecular flexibility index (Phi) is 6.61. The molecular weight excluding hydrogens is 441 g/mol. The molecule has 1 N–H and O–H groups in total. The number of carbonyl (C=O) groups is 2. The van der Waals surface area contributed by atoms with E-state index < -0.39 is 18.5 Å². The van der Waals surface area contributed by atoms with E-state index in [9.17, 15) is 19.2 Å². The van der Waals surface area contributed by atoms with E-state index in [1.54, 1.807) is 25.1 Å². The number of aromatic nitrogens is 1. The van der Waals surface area contributed by atoms with E-state index in [-0.39, 0.29) is 5.82 Å². The Balaban J connectivity index is 1.44. The Labute approximate surface area is 195 Å². The number of rotatable bonds is 5. The molecule has 0 atom stereocenters. The molecule has 0 saturated heterocycles. The molecule has 170 valence electrons. The number of nitrogens with zero attached hydrogens (tertiary/aromatic N) is 2. The van der Waals surface area contributed by atoms with E-state index in [2.05, 4.69) is 11.4 Å². The standard InChI is InChI=1S/C25H24FN3O3S/c1-15-12-20(16(2)29(15)18-10-8-17(26)9-11-18)25(31)32-14-23(30)28-24-21(13-27)19-6-4-3-5-7-22(19)33-24/h8-12H,3-7,14H2,1-2H3,(H,28,30). The summed E-state index contributed by atoms with van der Waals surface area (Å²) in [5.74, 6) is -1.44. The third-order valence-corrected chi connectivity index (χ3v) is 7.06. The lowest BCUT2D eigenvalue weighted by atomic mass is 10.1. The highest BCUT2D eigenvalue weighted by Crippen LogP contribution is 2.37. The molecule has 1 aliphatic rings. The Morgan fingerprint density at radius 3 is 2.64 bits per heavy atom. The molecule has 8 heteroatoms. The van der Waals surface area contributed by atoms with Crippen LogP contribution in [-0.2, 0) is 22.4 Å². The van der Waals surface area contributed by atoms with Crippen LogP contribution in [0.4, 0.5) is 9.39 Å². The van der Waals surface area contributed by atoms with Crippen LogP contribution in [0.15, 0.2) is 30.3 Å². The highest BCUT2D eigenvalue weighted by atomic mass is 32.1. The lowest BCUT2D eigenvalue weighted by Gasteiger charge is -2.10. The number of aryl methyl sites for hydroxylation is 2. The summed E-state index contributed by atoms with van der Waals surface area (Å²) in [6, 6.07) is 9.89. The van der Waals surface area contributed by atoms with Gasteiger partial charge >= 0.3 is 5.97 Å². The number of halogens is 1. The minimum absolute atomic E-state index is 0.338. The van der Waals surface area contributed by atoms with Gasteiger partial charge in [-0.15, -0.1) is 11.3 Å². The van der Waals surface area contributed by atoms with Gasteiger partial charge < -0.3 is 14.6 Å². The molecule has 1 aromatic carbocycles. The number of anilines is 1. The van der Waals surface area contributed by atoms with Crippen LogP contribution in [0.25, 0.3) is 5.69 Å². The van der Waals surface area contributed by atoms with Crippen LogP contribution >= 0.6 is 11.3 Å². The number of esters is 1. The first-order chi connectivity index (χ1) is 15.9. The highest BCUT2D eigenvalue weighted by molar-refractivity contribution is 7.16. The number of ether oxygens (including phenoxy) is 1. The summed E-state index contributed by atoms with van der Waals surface area (Å²) >= 11 is 1.44. The number of hydrogen-bond acceptors (Lipinski definition) is 5. The first-order valence-corrected chi connectivity index (χ1v) is 11.7. The van der Waals surface area contributed by atoms with Crippen molar-refractivity contribution in [3.05, 3.63) is 69.1 Å². The number of carbonyl (C=O) groups excluding carboxylic acids is 2. The topological polar surface area (TPSA) is 84.1 Å². The molecule has 0 spiro atoms. The van der Waals surface area contributed by atoms with Crippen LogP contribution in [0.2, 0.25) is 0 Å². The van der Waals surface area contributed by atoms with Gasteiger partial charge in [0.15, 0.2) is 6.61 Å². The average Bonchev–Trinajstić information content (AvgIpc) is 3.17. The van der Waals surface area contributed by atoms with Crippen molar-refractivity contribution >= 4 is 28.2 Å². The number of nitriles is 1. The van der Waals surface area contributed by atoms with Crippen molar-refractivity contribution in [2.45, 2.75) is 46.0 Å². The molecule has 0 unspecified atom stereocenters. The van der Waals surface area contributed by atoms with Crippen molar-refractivity contribution < 1.29 is 18.7 Å². The van der Waals surface area contributed by atoms with Crippen molar-refractivity contribution in [3.63, 3.8) is 0 Å². The van der Waals surface area contributed by atoms with Gasteiger partial charge in [-0.25, -0.2) is 9.18 Å². The van der Waals surface area contributed by atoms with Crippen LogP contribution in [-0.4, -0.2) is 23.1 Å². The number of hydrogen-bond donors (Lipinski definition) is 1. The minimum atomic E-state index is -0.617. The zero-order chi connectivity index (χ0) is 23.5. The summed E-state index contributed by atoms with van der Waals surface area (Å²) in [7, 11) is 0. The van der Waals surface area contributed by atoms with Crippen LogP contribution in [0, 0.1) is 31.0 Å². The maximum Gasteiger partial charge on any atom is 0.340 e. The number of benzene rings is 1. The molecule has 0 saturated carbocycles. The summed E-state index contributed by atoms with van der Waals surface area (Å²) in [5, 5.41) is 12.9. The fourth-order valence-corrected chi connectivity index (χ4v) is 5.53. The number of amides is 1. The molecule has 1 aliphatic carbocycles. The minimum Gasteiger partial charge on any atom is -0.452 e. The predicted octanol–water partition coefficient (Wildman–Crippen LogP) is 5.23. The van der Waals surface area contributed by atoms with Gasteiger partial charge in [-0.1, -0.05) is 6.42 Å². The average molecular weight is 466 g/mol. The first-order valence-electron chi connectivity index (χ1n) is 10.9. The predicted molar refractivity (Wildman–Crippen MR) is 124 cm³/mol. The third-order valence-electron chi connectivity index (χ3n) is 5.86. The van der Waals surface area contributed by atoms with Crippen molar-refractivity contribution in [1.29, 1.82) is 5.26 Å². The zero-order valence-electron chi connectivity index (χ0n) is 18.5. The molecule has 0 bridgehead atoms. The Morgan fingerprint density at radius 2 is 1.91 bits per heavy atom. The Hall–Kier alpha value is -3.44. The van der Waals surface area contributed by atoms with Crippen molar-refractivity contribution in [2.75, 3.05) is 11.9 Å². The molecule has 0 fully saturated rings. The van der Waals surface area contributed by atoms with E-state index in [0.29, 0.717) is 21.8 Å². The fourth-order valence-electron chi connectivity index (χ4n) is 4.28. The quantitative estimate of drug-likeness (QED) is 0.413. The molecule has 3 aromatic rings. The van der Waals surface area contributed by atoms with E-state index in [0.717, 1.165) is 53.9 Å². The lowest BCUT2D eigenvalue weighted by molar-refractivity contribution is -0.119. The monoisotopic (exact) mass is 465 g/mol. The smallest absolute Gasteiger partial charge is 0.340 e. The maximum atomic E-state index is 13.3. The van der Waals surface area contributed by atoms with Crippen molar-refractivity contribution in [2.24, 2.45) is 0 Å². The second-order valence-electron chi connectivity index (χ2n) is 8.10. The normalized spacial score (nSPS) is 13.0. The number of fused-ring (bicyclic) bond motifs is 1. The van der Waals surface area contributed by atoms with Crippen molar-refractivity contribution in [3.8, 4) is 11.8 Å². The molecule has 4 rings (SSSR count). The van der Waals surface area contributed by atoms with Gasteiger partial charge in [-0.05, 0) is 75.4 Å². The molecule has 0 radical (unpaired) electrons. The van der Waals surface area contributed by atoms with Crippen molar-refractivity contribution in [1.82, 2.24) is 4.57 Å². The van der Waals surface area contributed by atoms with Crippen LogP contribution < -0.4 is 5.32 Å². The highest BCUT2D eigenvalue weighted by Gasteiger charge is 2.22. The van der Waals surface area contributed by atoms with Gasteiger partial charge in [-0.3, -0.25) is 4.79 Å². The summed E-state index contributed by atoms with van der Waals surface area (Å²) in [6.07, 6.45) is 5.04. The summed E-state index contributed by atoms with van der Waals surface area (Å²) in [6.45, 7) is 3.15. The van der Waals surface area contributed by atoms with E-state index in [1.807, 2.05) is 11.5 Å². The van der Waals surface area contributed by atoms with E-state index >= 15 is 0 Å². The molecule has 33 heavy (non-hydrogen) atoms. The zero-order valence-corrected chi connectivity index (χ0v) is 19.4. The van der Waals surface area contributed by atoms with Gasteiger partial charge in [-0.2, -0.15) is 5.26 Å². The number of nitrogens with one attached hydrogen (secondary N) is 1. The van der Waals surface area contributed by atoms with Gasteiger partial charge in [0.25, 0.3) is 5.91 Å². The number of thiophene rings is 1. The van der Waals surface area contributed by atoms with Gasteiger partial charge in [0, 0.05) is 22.0 Å². The maximum absolute atomic E-state index is 13.3. The van der Waals surface area contributed by atoms with Gasteiger partial charge in [0.1, 0.15) is 16.9 Å². The van der Waals surface area contributed by atoms with Gasteiger partial charge in [0.2, 0.25) is 0 Å². The fraction of sp³-hybridized carbons (Fsp3) is 0.320. The summed E-state index contributed by atoms with van der Waals surface area (Å²) in [5.41, 5.74) is 4.06. The summed E-state index contributed by atoms with van der Waals surface area (Å²) in [4.78, 5) is 26.3. The van der Waals surface area contributed by atoms with Crippen LogP contribution in [0.1, 0.15) is 57.0 Å². The SMILES string of the molecule is Cc1cc(C(=O)OCC(=O)Nc2sc3c(c2C#N)CCCCC3)c(C)n1-c1ccc(F)cc1. The third kappa shape index (κ3) is 4.69. The molecule has 6 nitrogen and oxygen atoms in total. The van der Waals surface area contributed by atoms with Gasteiger partial charge in [0.05, 0.1) is 11.1 Å². The van der Waals surface area contributed by atoms with E-state index in [1.165, 1.54) is 23.5 Å². The van der Waals surface area contributed by atoms with Crippen LogP contribution in [0.5, 0.6) is 0 Å². The molecule has 2 aromatic heterocycles. The van der Waals surface area contributed by atoms with Crippen LogP contribution in [0.3, 0.4) is 0 Å². The molecule has 2 heterocycles. The second-order valence-corrected chi connectivity index (χ2v) is 9.21. The molecule has 0 aliphatic heterocycles. The lowest BCUT2D eigenvalue weighted by Crippen LogP contribution is -2.21. The largest absolute Gasteiger partial charge is 0.452 e. The molecular formula is C25H24FN3O3S. The second kappa shape index (κ2) is 9.59. The van der Waals surface area contributed by atoms with E-state index in [4.69, 9.17) is 4.74 Å². The summed E-state index contributed by atoms with van der Waals surface area (Å²) < 4.78 is 20.4. The Bertz CT molecular complexity index is 1250. The molecule has 1 amide bonds.